The normalized spacial score (nSPS) is 33.9. The van der Waals surface area contributed by atoms with Crippen LogP contribution in [0, 0.1) is 23.2 Å². The lowest BCUT2D eigenvalue weighted by Crippen LogP contribution is -2.57. The maximum absolute atomic E-state index is 13.1. The van der Waals surface area contributed by atoms with E-state index >= 15 is 0 Å². The van der Waals surface area contributed by atoms with Gasteiger partial charge in [-0.3, -0.25) is 9.59 Å². The first-order valence-corrected chi connectivity index (χ1v) is 9.94. The average Bonchev–Trinajstić information content (AvgIpc) is 2.54. The minimum Gasteiger partial charge on any atom is -0.368 e. The molecule has 0 saturated heterocycles. The number of nitrogens with two attached hydrogens (primary N) is 1. The van der Waals surface area contributed by atoms with Gasteiger partial charge in [-0.05, 0) is 83.8 Å². The Bertz CT molecular complexity index is 670. The van der Waals surface area contributed by atoms with Gasteiger partial charge in [0.25, 0.3) is 0 Å². The highest BCUT2D eigenvalue weighted by atomic mass is 79.9. The molecular weight excluding hydrogens is 382 g/mol. The van der Waals surface area contributed by atoms with Crippen molar-refractivity contribution in [1.82, 2.24) is 10.3 Å². The highest BCUT2D eigenvalue weighted by molar-refractivity contribution is 9.10. The minimum absolute atomic E-state index is 0.0374. The third-order valence-electron chi connectivity index (χ3n) is 6.43. The lowest BCUT2D eigenvalue weighted by atomic mass is 9.49. The van der Waals surface area contributed by atoms with Gasteiger partial charge in [0.1, 0.15) is 10.6 Å². The SMILES string of the molecule is NC(=O)[C@H](Cc1cccnc1Br)NC(=O)C12CC3CC(CC(C3)C1)C2. The number of rotatable bonds is 5. The van der Waals surface area contributed by atoms with Crippen molar-refractivity contribution in [2.24, 2.45) is 28.9 Å². The Labute approximate surface area is 156 Å². The Kier molecular flexibility index (Phi) is 4.34. The van der Waals surface area contributed by atoms with Crippen LogP contribution < -0.4 is 11.1 Å². The molecule has 5 nitrogen and oxygen atoms in total. The summed E-state index contributed by atoms with van der Waals surface area (Å²) in [6, 6.07) is 3.02. The number of hydrogen-bond acceptors (Lipinski definition) is 3. The summed E-state index contributed by atoms with van der Waals surface area (Å²) in [6.45, 7) is 0. The van der Waals surface area contributed by atoms with Gasteiger partial charge in [0.2, 0.25) is 11.8 Å². The van der Waals surface area contributed by atoms with E-state index in [1.54, 1.807) is 6.20 Å². The van der Waals surface area contributed by atoms with E-state index in [0.717, 1.165) is 24.8 Å². The van der Waals surface area contributed by atoms with E-state index < -0.39 is 11.9 Å². The second-order valence-electron chi connectivity index (χ2n) is 8.28. The molecule has 1 atom stereocenters. The van der Waals surface area contributed by atoms with Crippen molar-refractivity contribution in [3.8, 4) is 0 Å². The van der Waals surface area contributed by atoms with Crippen molar-refractivity contribution in [3.05, 3.63) is 28.5 Å². The molecule has 1 aromatic rings. The Morgan fingerprint density at radius 1 is 1.24 bits per heavy atom. The van der Waals surface area contributed by atoms with Gasteiger partial charge >= 0.3 is 0 Å². The second-order valence-corrected chi connectivity index (χ2v) is 9.03. The van der Waals surface area contributed by atoms with E-state index in [0.29, 0.717) is 28.8 Å². The smallest absolute Gasteiger partial charge is 0.240 e. The first-order valence-electron chi connectivity index (χ1n) is 9.15. The van der Waals surface area contributed by atoms with Crippen molar-refractivity contribution in [3.63, 3.8) is 0 Å². The van der Waals surface area contributed by atoms with Crippen molar-refractivity contribution < 1.29 is 9.59 Å². The highest BCUT2D eigenvalue weighted by Crippen LogP contribution is 2.60. The largest absolute Gasteiger partial charge is 0.368 e. The second kappa shape index (κ2) is 6.38. The molecule has 4 saturated carbocycles. The summed E-state index contributed by atoms with van der Waals surface area (Å²) in [4.78, 5) is 29.3. The van der Waals surface area contributed by atoms with Gasteiger partial charge in [-0.1, -0.05) is 6.07 Å². The number of hydrogen-bond donors (Lipinski definition) is 2. The Morgan fingerprint density at radius 2 is 1.84 bits per heavy atom. The molecule has 134 valence electrons. The van der Waals surface area contributed by atoms with Crippen LogP contribution in [0.3, 0.4) is 0 Å². The molecule has 0 unspecified atom stereocenters. The van der Waals surface area contributed by atoms with E-state index in [-0.39, 0.29) is 11.3 Å². The molecule has 4 fully saturated rings. The fourth-order valence-corrected chi connectivity index (χ4v) is 6.13. The van der Waals surface area contributed by atoms with Crippen LogP contribution >= 0.6 is 15.9 Å². The maximum atomic E-state index is 13.1. The molecule has 25 heavy (non-hydrogen) atoms. The van der Waals surface area contributed by atoms with Crippen LogP contribution in [0.25, 0.3) is 0 Å². The quantitative estimate of drug-likeness (QED) is 0.738. The summed E-state index contributed by atoms with van der Waals surface area (Å²) >= 11 is 3.40. The van der Waals surface area contributed by atoms with Crippen LogP contribution in [0.1, 0.15) is 44.1 Å². The first-order chi connectivity index (χ1) is 11.9. The van der Waals surface area contributed by atoms with Crippen LogP contribution in [0.15, 0.2) is 22.9 Å². The number of nitrogens with zero attached hydrogens (tertiary/aromatic N) is 1. The Hall–Kier alpha value is -1.43. The minimum atomic E-state index is -0.694. The number of nitrogens with one attached hydrogen (secondary N) is 1. The molecule has 0 aliphatic heterocycles. The number of pyridine rings is 1. The topological polar surface area (TPSA) is 85.1 Å². The van der Waals surface area contributed by atoms with Crippen molar-refractivity contribution in [2.45, 2.75) is 51.0 Å². The molecular formula is C19H24BrN3O2. The predicted octanol–water partition coefficient (Wildman–Crippen LogP) is 2.57. The van der Waals surface area contributed by atoms with Crippen molar-refractivity contribution in [1.29, 1.82) is 0 Å². The van der Waals surface area contributed by atoms with Crippen LogP contribution in [0.2, 0.25) is 0 Å². The predicted molar refractivity (Wildman–Crippen MR) is 97.4 cm³/mol. The molecule has 0 spiro atoms. The molecule has 4 aliphatic rings. The molecule has 3 N–H and O–H groups in total. The van der Waals surface area contributed by atoms with E-state index in [1.165, 1.54) is 19.3 Å². The van der Waals surface area contributed by atoms with Crippen LogP contribution in [-0.2, 0) is 16.0 Å². The van der Waals surface area contributed by atoms with Crippen molar-refractivity contribution >= 4 is 27.7 Å². The van der Waals surface area contributed by atoms with Gasteiger partial charge < -0.3 is 11.1 Å². The molecule has 1 aromatic heterocycles. The van der Waals surface area contributed by atoms with Gasteiger partial charge in [0.15, 0.2) is 0 Å². The maximum Gasteiger partial charge on any atom is 0.240 e. The molecule has 2 amide bonds. The van der Waals surface area contributed by atoms with Crippen molar-refractivity contribution in [2.75, 3.05) is 0 Å². The van der Waals surface area contributed by atoms with Gasteiger partial charge in [0, 0.05) is 18.0 Å². The number of aromatic nitrogens is 1. The average molecular weight is 406 g/mol. The Morgan fingerprint density at radius 3 is 2.36 bits per heavy atom. The highest BCUT2D eigenvalue weighted by Gasteiger charge is 2.54. The van der Waals surface area contributed by atoms with Gasteiger partial charge in [0.05, 0.1) is 0 Å². The standard InChI is InChI=1S/C19H24BrN3O2/c20-16-14(2-1-3-22-16)7-15(17(21)24)23-18(25)19-8-11-4-12(9-19)6-13(5-11)10-19/h1-3,11-13,15H,4-10H2,(H2,21,24)(H,23,25)/t11?,12?,13?,15-,19?/m0/s1. The molecule has 0 aromatic carbocycles. The summed E-state index contributed by atoms with van der Waals surface area (Å²) in [5.74, 6) is 1.62. The monoisotopic (exact) mass is 405 g/mol. The Balaban J connectivity index is 1.50. The fraction of sp³-hybridized carbons (Fsp3) is 0.632. The number of carbonyl (C=O) groups is 2. The van der Waals surface area contributed by atoms with E-state index in [4.69, 9.17) is 5.73 Å². The third-order valence-corrected chi connectivity index (χ3v) is 7.14. The van der Waals surface area contributed by atoms with Crippen LogP contribution in [0.4, 0.5) is 0 Å². The van der Waals surface area contributed by atoms with Gasteiger partial charge in [-0.15, -0.1) is 0 Å². The summed E-state index contributed by atoms with van der Waals surface area (Å²) in [5, 5.41) is 2.99. The van der Waals surface area contributed by atoms with E-state index in [9.17, 15) is 9.59 Å². The molecule has 6 heteroatoms. The number of carbonyl (C=O) groups excluding carboxylic acids is 2. The summed E-state index contributed by atoms with van der Waals surface area (Å²) in [7, 11) is 0. The molecule has 4 aliphatic carbocycles. The van der Waals surface area contributed by atoms with Gasteiger partial charge in [-0.25, -0.2) is 4.98 Å². The lowest BCUT2D eigenvalue weighted by Gasteiger charge is -2.55. The summed E-state index contributed by atoms with van der Waals surface area (Å²) in [6.07, 6.45) is 8.84. The number of primary amides is 1. The lowest BCUT2D eigenvalue weighted by molar-refractivity contribution is -0.148. The zero-order chi connectivity index (χ0) is 17.6. The fourth-order valence-electron chi connectivity index (χ4n) is 5.71. The number of amides is 2. The zero-order valence-corrected chi connectivity index (χ0v) is 15.8. The molecule has 5 rings (SSSR count). The molecule has 4 bridgehead atoms. The molecule has 1 heterocycles. The summed E-state index contributed by atoms with van der Waals surface area (Å²) < 4.78 is 0.685. The van der Waals surface area contributed by atoms with E-state index in [2.05, 4.69) is 26.2 Å². The first kappa shape index (κ1) is 17.0. The van der Waals surface area contributed by atoms with Gasteiger partial charge in [-0.2, -0.15) is 0 Å². The third kappa shape index (κ3) is 3.21. The number of halogens is 1. The molecule has 0 radical (unpaired) electrons. The van der Waals surface area contributed by atoms with Crippen LogP contribution in [-0.4, -0.2) is 22.8 Å². The van der Waals surface area contributed by atoms with E-state index in [1.807, 2.05) is 12.1 Å². The van der Waals surface area contributed by atoms with Crippen LogP contribution in [0.5, 0.6) is 0 Å². The zero-order valence-electron chi connectivity index (χ0n) is 14.2. The summed E-state index contributed by atoms with van der Waals surface area (Å²) in [5.41, 5.74) is 6.19.